The van der Waals surface area contributed by atoms with Gasteiger partial charge in [0.1, 0.15) is 0 Å². The van der Waals surface area contributed by atoms with Crippen molar-refractivity contribution in [2.75, 3.05) is 33.1 Å². The number of benzene rings is 2. The van der Waals surface area contributed by atoms with Crippen LogP contribution in [0.3, 0.4) is 0 Å². The monoisotopic (exact) mass is 445 g/mol. The number of hydrogen-bond acceptors (Lipinski definition) is 7. The van der Waals surface area contributed by atoms with Gasteiger partial charge in [0.15, 0.2) is 17.3 Å². The molecule has 0 aliphatic carbocycles. The molecule has 1 heterocycles. The molecule has 3 rings (SSSR count). The maximum Gasteiger partial charge on any atom is 0.243 e. The molecule has 0 aliphatic heterocycles. The predicted molar refractivity (Wildman–Crippen MR) is 115 cm³/mol. The quantitative estimate of drug-likeness (QED) is 0.567. The zero-order chi connectivity index (χ0) is 22.6. The lowest BCUT2D eigenvalue weighted by molar-refractivity contribution is -0.116. The molecule has 0 fully saturated rings. The van der Waals surface area contributed by atoms with Gasteiger partial charge in [-0.15, -0.1) is 0 Å². The molecule has 9 nitrogen and oxygen atoms in total. The van der Waals surface area contributed by atoms with Gasteiger partial charge in [-0.1, -0.05) is 5.16 Å². The van der Waals surface area contributed by atoms with Crippen molar-refractivity contribution in [2.45, 2.75) is 11.8 Å². The second-order valence-electron chi connectivity index (χ2n) is 6.74. The summed E-state index contributed by atoms with van der Waals surface area (Å²) in [4.78, 5) is 12.5. The van der Waals surface area contributed by atoms with Crippen LogP contribution in [0.1, 0.15) is 5.69 Å². The molecular formula is C21H23N3O6S. The van der Waals surface area contributed by atoms with Gasteiger partial charge in [-0.3, -0.25) is 4.79 Å². The van der Waals surface area contributed by atoms with E-state index in [0.717, 1.165) is 10.00 Å². The highest BCUT2D eigenvalue weighted by atomic mass is 32.2. The first-order chi connectivity index (χ1) is 14.7. The molecule has 0 saturated carbocycles. The summed E-state index contributed by atoms with van der Waals surface area (Å²) in [6, 6.07) is 12.8. The van der Waals surface area contributed by atoms with Gasteiger partial charge in [0, 0.05) is 30.4 Å². The van der Waals surface area contributed by atoms with Crippen LogP contribution < -0.4 is 14.8 Å². The number of anilines is 1. The van der Waals surface area contributed by atoms with Crippen LogP contribution >= 0.6 is 0 Å². The van der Waals surface area contributed by atoms with E-state index in [1.807, 2.05) is 0 Å². The molecule has 0 bridgehead atoms. The largest absolute Gasteiger partial charge is 0.493 e. The fraction of sp³-hybridized carbons (Fsp3) is 0.238. The number of likely N-dealkylation sites (N-methyl/N-ethyl adjacent to an activating group) is 1. The van der Waals surface area contributed by atoms with Crippen LogP contribution in [0.15, 0.2) is 57.9 Å². The molecule has 1 amide bonds. The molecule has 0 saturated heterocycles. The average molecular weight is 445 g/mol. The topological polar surface area (TPSA) is 111 Å². The van der Waals surface area contributed by atoms with Gasteiger partial charge in [0.25, 0.3) is 0 Å². The Morgan fingerprint density at radius 2 is 1.74 bits per heavy atom. The zero-order valence-electron chi connectivity index (χ0n) is 17.6. The first-order valence-corrected chi connectivity index (χ1v) is 10.7. The van der Waals surface area contributed by atoms with E-state index in [1.165, 1.54) is 33.4 Å². The summed E-state index contributed by atoms with van der Waals surface area (Å²) in [6.45, 7) is 1.44. The highest BCUT2D eigenvalue weighted by molar-refractivity contribution is 7.89. The predicted octanol–water partition coefficient (Wildman–Crippen LogP) is 2.93. The molecule has 0 unspecified atom stereocenters. The SMILES string of the molecule is COc1ccc(NC(=O)CN(C)S(=O)(=O)c2ccc(-c3cc(C)no3)cc2)cc1OC. The molecule has 0 spiro atoms. The lowest BCUT2D eigenvalue weighted by atomic mass is 10.2. The van der Waals surface area contributed by atoms with Crippen molar-refractivity contribution in [1.82, 2.24) is 9.46 Å². The van der Waals surface area contributed by atoms with Crippen LogP contribution in [0.25, 0.3) is 11.3 Å². The summed E-state index contributed by atoms with van der Waals surface area (Å²) in [7, 11) is 0.476. The third-order valence-corrected chi connectivity index (χ3v) is 6.33. The van der Waals surface area contributed by atoms with Gasteiger partial charge in [0.2, 0.25) is 15.9 Å². The van der Waals surface area contributed by atoms with Crippen molar-refractivity contribution in [3.63, 3.8) is 0 Å². The van der Waals surface area contributed by atoms with Crippen LogP contribution in [0.2, 0.25) is 0 Å². The van der Waals surface area contributed by atoms with Gasteiger partial charge >= 0.3 is 0 Å². The lowest BCUT2D eigenvalue weighted by Crippen LogP contribution is -2.34. The Morgan fingerprint density at radius 1 is 1.06 bits per heavy atom. The van der Waals surface area contributed by atoms with Gasteiger partial charge < -0.3 is 19.3 Å². The number of nitrogens with one attached hydrogen (secondary N) is 1. The third kappa shape index (κ3) is 5.04. The van der Waals surface area contributed by atoms with E-state index >= 15 is 0 Å². The van der Waals surface area contributed by atoms with E-state index in [4.69, 9.17) is 14.0 Å². The van der Waals surface area contributed by atoms with Gasteiger partial charge in [-0.2, -0.15) is 4.31 Å². The summed E-state index contributed by atoms with van der Waals surface area (Å²) in [6.07, 6.45) is 0. The minimum Gasteiger partial charge on any atom is -0.493 e. The maximum atomic E-state index is 12.8. The van der Waals surface area contributed by atoms with E-state index in [1.54, 1.807) is 43.3 Å². The zero-order valence-corrected chi connectivity index (χ0v) is 18.4. The van der Waals surface area contributed by atoms with Gasteiger partial charge in [0.05, 0.1) is 31.4 Å². The number of amides is 1. The van der Waals surface area contributed by atoms with Crippen molar-refractivity contribution in [2.24, 2.45) is 0 Å². The van der Waals surface area contributed by atoms with Crippen LogP contribution in [-0.4, -0.2) is 51.6 Å². The maximum absolute atomic E-state index is 12.8. The molecule has 31 heavy (non-hydrogen) atoms. The second kappa shape index (κ2) is 9.19. The molecule has 1 N–H and O–H groups in total. The standard InChI is InChI=1S/C21H23N3O6S/c1-14-11-19(30-23-14)15-5-8-17(9-6-15)31(26,27)24(2)13-21(25)22-16-7-10-18(28-3)20(12-16)29-4/h5-12H,13H2,1-4H3,(H,22,25). The van der Waals surface area contributed by atoms with Crippen LogP contribution in [-0.2, 0) is 14.8 Å². The first-order valence-electron chi connectivity index (χ1n) is 9.26. The van der Waals surface area contributed by atoms with Crippen LogP contribution in [0.5, 0.6) is 11.5 Å². The molecule has 1 aromatic heterocycles. The summed E-state index contributed by atoms with van der Waals surface area (Å²) in [5.41, 5.74) is 1.89. The number of nitrogens with zero attached hydrogens (tertiary/aromatic N) is 2. The number of rotatable bonds is 8. The summed E-state index contributed by atoms with van der Waals surface area (Å²) < 4.78 is 42.2. The average Bonchev–Trinajstić information content (AvgIpc) is 3.19. The number of aryl methyl sites for hydroxylation is 1. The molecule has 0 radical (unpaired) electrons. The Balaban J connectivity index is 1.68. The number of carbonyl (C=O) groups is 1. The van der Waals surface area contributed by atoms with E-state index in [2.05, 4.69) is 10.5 Å². The molecule has 0 aliphatic rings. The Kier molecular flexibility index (Phi) is 6.62. The van der Waals surface area contributed by atoms with E-state index in [9.17, 15) is 13.2 Å². The number of hydrogen-bond donors (Lipinski definition) is 1. The summed E-state index contributed by atoms with van der Waals surface area (Å²) >= 11 is 0. The third-order valence-electron chi connectivity index (χ3n) is 4.51. The Hall–Kier alpha value is -3.37. The molecular weight excluding hydrogens is 422 g/mol. The van der Waals surface area contributed by atoms with Crippen molar-refractivity contribution in [3.8, 4) is 22.8 Å². The first kappa shape index (κ1) is 22.3. The number of aromatic nitrogens is 1. The van der Waals surface area contributed by atoms with Gasteiger partial charge in [-0.05, 0) is 43.3 Å². The van der Waals surface area contributed by atoms with Gasteiger partial charge in [-0.25, -0.2) is 8.42 Å². The molecule has 164 valence electrons. The molecule has 0 atom stereocenters. The van der Waals surface area contributed by atoms with Crippen LogP contribution in [0.4, 0.5) is 5.69 Å². The number of methoxy groups -OCH3 is 2. The lowest BCUT2D eigenvalue weighted by Gasteiger charge is -2.17. The van der Waals surface area contributed by atoms with Crippen LogP contribution in [0, 0.1) is 6.92 Å². The van der Waals surface area contributed by atoms with Crippen molar-refractivity contribution >= 4 is 21.6 Å². The van der Waals surface area contributed by atoms with E-state index in [0.29, 0.717) is 28.5 Å². The summed E-state index contributed by atoms with van der Waals surface area (Å²) in [5, 5.41) is 6.47. The highest BCUT2D eigenvalue weighted by Crippen LogP contribution is 2.29. The smallest absolute Gasteiger partial charge is 0.243 e. The van der Waals surface area contributed by atoms with Crippen molar-refractivity contribution in [3.05, 3.63) is 54.2 Å². The number of ether oxygens (including phenoxy) is 2. The minimum absolute atomic E-state index is 0.0638. The number of sulfonamides is 1. The molecule has 3 aromatic rings. The number of carbonyl (C=O) groups excluding carboxylic acids is 1. The Labute approximate surface area is 180 Å². The fourth-order valence-corrected chi connectivity index (χ4v) is 4.00. The van der Waals surface area contributed by atoms with Crippen molar-refractivity contribution < 1.29 is 27.2 Å². The Bertz CT molecular complexity index is 1170. The minimum atomic E-state index is -3.86. The fourth-order valence-electron chi connectivity index (χ4n) is 2.87. The van der Waals surface area contributed by atoms with Crippen molar-refractivity contribution in [1.29, 1.82) is 0 Å². The Morgan fingerprint density at radius 3 is 2.32 bits per heavy atom. The normalized spacial score (nSPS) is 11.4. The van der Waals surface area contributed by atoms with E-state index in [-0.39, 0.29) is 11.4 Å². The van der Waals surface area contributed by atoms with E-state index < -0.39 is 15.9 Å². The highest BCUT2D eigenvalue weighted by Gasteiger charge is 2.23. The molecule has 2 aromatic carbocycles. The summed E-state index contributed by atoms with van der Waals surface area (Å²) in [5.74, 6) is 1.02. The molecule has 10 heteroatoms. The second-order valence-corrected chi connectivity index (χ2v) is 8.78.